The summed E-state index contributed by atoms with van der Waals surface area (Å²) in [5, 5.41) is 0. The zero-order valence-corrected chi connectivity index (χ0v) is 10.9. The SMILES string of the molecule is C=CCCCC12CC[C@H]1C[C@@H](OCC)CC2=O. The number of hydrogen-bond donors (Lipinski definition) is 0. The normalized spacial score (nSPS) is 36.2. The molecule has 2 fully saturated rings. The van der Waals surface area contributed by atoms with Crippen molar-refractivity contribution in [3.63, 3.8) is 0 Å². The maximum absolute atomic E-state index is 12.4. The van der Waals surface area contributed by atoms with Crippen LogP contribution in [0.4, 0.5) is 0 Å². The predicted octanol–water partition coefficient (Wildman–Crippen LogP) is 3.51. The van der Waals surface area contributed by atoms with Gasteiger partial charge in [-0.05, 0) is 51.4 Å². The molecule has 0 aromatic heterocycles. The van der Waals surface area contributed by atoms with Gasteiger partial charge in [-0.15, -0.1) is 6.58 Å². The number of ketones is 1. The summed E-state index contributed by atoms with van der Waals surface area (Å²) in [4.78, 5) is 12.4. The van der Waals surface area contributed by atoms with E-state index in [0.717, 1.165) is 38.7 Å². The fraction of sp³-hybridized carbons (Fsp3) is 0.800. The summed E-state index contributed by atoms with van der Waals surface area (Å²) in [7, 11) is 0. The van der Waals surface area contributed by atoms with Crippen molar-refractivity contribution in [2.24, 2.45) is 11.3 Å². The standard InChI is InChI=1S/C15H24O2/c1-3-5-6-8-15-9-7-12(15)10-13(17-4-2)11-14(15)16/h3,12-13H,1,4-11H2,2H3/t12-,13+,15?/m0/s1. The van der Waals surface area contributed by atoms with Crippen LogP contribution in [0.5, 0.6) is 0 Å². The second-order valence-corrected chi connectivity index (χ2v) is 5.51. The molecule has 0 spiro atoms. The zero-order chi connectivity index (χ0) is 12.3. The second kappa shape index (κ2) is 5.34. The van der Waals surface area contributed by atoms with Gasteiger partial charge < -0.3 is 4.74 Å². The summed E-state index contributed by atoms with van der Waals surface area (Å²) in [6.07, 6.45) is 9.48. The van der Waals surface area contributed by atoms with Crippen LogP contribution in [-0.4, -0.2) is 18.5 Å². The molecular formula is C15H24O2. The number of unbranched alkanes of at least 4 members (excludes halogenated alkanes) is 1. The van der Waals surface area contributed by atoms with Crippen molar-refractivity contribution in [1.82, 2.24) is 0 Å². The van der Waals surface area contributed by atoms with Crippen LogP contribution in [0.2, 0.25) is 0 Å². The predicted molar refractivity (Wildman–Crippen MR) is 68.9 cm³/mol. The maximum Gasteiger partial charge on any atom is 0.141 e. The summed E-state index contributed by atoms with van der Waals surface area (Å²) in [6, 6.07) is 0. The lowest BCUT2D eigenvalue weighted by Crippen LogP contribution is -2.53. The van der Waals surface area contributed by atoms with E-state index in [9.17, 15) is 4.79 Å². The highest BCUT2D eigenvalue weighted by atomic mass is 16.5. The van der Waals surface area contributed by atoms with Crippen LogP contribution in [0.3, 0.4) is 0 Å². The van der Waals surface area contributed by atoms with Crippen molar-refractivity contribution < 1.29 is 9.53 Å². The Morgan fingerprint density at radius 2 is 2.41 bits per heavy atom. The molecule has 2 aliphatic rings. The number of carbonyl (C=O) groups excluding carboxylic acids is 1. The van der Waals surface area contributed by atoms with Gasteiger partial charge in [-0.3, -0.25) is 4.79 Å². The Labute approximate surface area is 104 Å². The number of fused-ring (bicyclic) bond motifs is 1. The van der Waals surface area contributed by atoms with E-state index >= 15 is 0 Å². The highest BCUT2D eigenvalue weighted by molar-refractivity contribution is 5.87. The Bertz CT molecular complexity index is 297. The van der Waals surface area contributed by atoms with Gasteiger partial charge in [0.2, 0.25) is 0 Å². The Hall–Kier alpha value is -0.630. The lowest BCUT2D eigenvalue weighted by Gasteiger charge is -2.53. The largest absolute Gasteiger partial charge is 0.378 e. The molecule has 2 saturated carbocycles. The minimum atomic E-state index is 0.0383. The third kappa shape index (κ3) is 2.33. The molecule has 2 nitrogen and oxygen atoms in total. The quantitative estimate of drug-likeness (QED) is 0.521. The van der Waals surface area contributed by atoms with Gasteiger partial charge in [-0.1, -0.05) is 6.08 Å². The minimum absolute atomic E-state index is 0.0383. The Balaban J connectivity index is 1.95. The summed E-state index contributed by atoms with van der Waals surface area (Å²) >= 11 is 0. The van der Waals surface area contributed by atoms with Gasteiger partial charge in [0.15, 0.2) is 0 Å². The van der Waals surface area contributed by atoms with E-state index in [1.165, 1.54) is 6.42 Å². The first-order valence-corrected chi connectivity index (χ1v) is 6.98. The topological polar surface area (TPSA) is 26.3 Å². The molecule has 96 valence electrons. The molecule has 0 aliphatic heterocycles. The van der Waals surface area contributed by atoms with E-state index in [1.54, 1.807) is 0 Å². The second-order valence-electron chi connectivity index (χ2n) is 5.51. The van der Waals surface area contributed by atoms with Gasteiger partial charge in [-0.2, -0.15) is 0 Å². The first kappa shape index (κ1) is 12.8. The maximum atomic E-state index is 12.4. The molecule has 0 amide bonds. The van der Waals surface area contributed by atoms with E-state index in [4.69, 9.17) is 4.74 Å². The molecule has 0 saturated heterocycles. The number of allylic oxidation sites excluding steroid dienone is 1. The molecular weight excluding hydrogens is 212 g/mol. The van der Waals surface area contributed by atoms with Gasteiger partial charge in [0.1, 0.15) is 5.78 Å². The smallest absolute Gasteiger partial charge is 0.141 e. The van der Waals surface area contributed by atoms with Crippen LogP contribution in [0, 0.1) is 11.3 Å². The van der Waals surface area contributed by atoms with E-state index in [1.807, 2.05) is 13.0 Å². The van der Waals surface area contributed by atoms with Crippen LogP contribution in [-0.2, 0) is 9.53 Å². The van der Waals surface area contributed by atoms with Crippen LogP contribution in [0.15, 0.2) is 12.7 Å². The molecule has 0 radical (unpaired) electrons. The van der Waals surface area contributed by atoms with Crippen molar-refractivity contribution in [2.45, 2.75) is 58.0 Å². The zero-order valence-electron chi connectivity index (χ0n) is 10.9. The van der Waals surface area contributed by atoms with Crippen molar-refractivity contribution >= 4 is 5.78 Å². The Kier molecular flexibility index (Phi) is 4.03. The Morgan fingerprint density at radius 1 is 1.59 bits per heavy atom. The molecule has 0 heterocycles. The van der Waals surface area contributed by atoms with Gasteiger partial charge in [-0.25, -0.2) is 0 Å². The third-order valence-electron chi connectivity index (χ3n) is 4.67. The number of hydrogen-bond acceptors (Lipinski definition) is 2. The summed E-state index contributed by atoms with van der Waals surface area (Å²) in [5.41, 5.74) is 0.0383. The molecule has 1 unspecified atom stereocenters. The number of ether oxygens (including phenoxy) is 1. The first-order chi connectivity index (χ1) is 8.23. The van der Waals surface area contributed by atoms with E-state index < -0.39 is 0 Å². The van der Waals surface area contributed by atoms with Gasteiger partial charge in [0, 0.05) is 18.4 Å². The van der Waals surface area contributed by atoms with Crippen molar-refractivity contribution in [3.05, 3.63) is 12.7 Å². The van der Waals surface area contributed by atoms with E-state index in [0.29, 0.717) is 18.1 Å². The average Bonchev–Trinajstić information content (AvgIpc) is 2.28. The third-order valence-corrected chi connectivity index (χ3v) is 4.67. The highest BCUT2D eigenvalue weighted by Crippen LogP contribution is 2.56. The molecule has 2 rings (SSSR count). The Morgan fingerprint density at radius 3 is 2.94 bits per heavy atom. The van der Waals surface area contributed by atoms with Crippen molar-refractivity contribution in [1.29, 1.82) is 0 Å². The molecule has 17 heavy (non-hydrogen) atoms. The van der Waals surface area contributed by atoms with Crippen molar-refractivity contribution in [3.8, 4) is 0 Å². The fourth-order valence-electron chi connectivity index (χ4n) is 3.61. The molecule has 0 aromatic rings. The molecule has 0 N–H and O–H groups in total. The average molecular weight is 236 g/mol. The van der Waals surface area contributed by atoms with Crippen LogP contribution in [0.25, 0.3) is 0 Å². The number of carbonyl (C=O) groups is 1. The summed E-state index contributed by atoms with van der Waals surface area (Å²) in [5.74, 6) is 1.08. The highest BCUT2D eigenvalue weighted by Gasteiger charge is 2.54. The number of Topliss-reactive ketones (excluding diaryl/α,β-unsaturated/α-hetero) is 1. The molecule has 0 aromatic carbocycles. The van der Waals surface area contributed by atoms with Crippen LogP contribution in [0.1, 0.15) is 51.9 Å². The first-order valence-electron chi connectivity index (χ1n) is 6.98. The summed E-state index contributed by atoms with van der Waals surface area (Å²) in [6.45, 7) is 6.49. The van der Waals surface area contributed by atoms with Gasteiger partial charge >= 0.3 is 0 Å². The summed E-state index contributed by atoms with van der Waals surface area (Å²) < 4.78 is 5.64. The van der Waals surface area contributed by atoms with Gasteiger partial charge in [0.05, 0.1) is 6.10 Å². The molecule has 2 aliphatic carbocycles. The lowest BCUT2D eigenvalue weighted by atomic mass is 9.51. The van der Waals surface area contributed by atoms with Crippen molar-refractivity contribution in [2.75, 3.05) is 6.61 Å². The van der Waals surface area contributed by atoms with Crippen LogP contribution >= 0.6 is 0 Å². The van der Waals surface area contributed by atoms with E-state index in [2.05, 4.69) is 6.58 Å². The monoisotopic (exact) mass is 236 g/mol. The lowest BCUT2D eigenvalue weighted by molar-refractivity contribution is -0.155. The molecule has 0 bridgehead atoms. The van der Waals surface area contributed by atoms with E-state index in [-0.39, 0.29) is 11.5 Å². The molecule has 3 atom stereocenters. The molecule has 2 heteroatoms. The minimum Gasteiger partial charge on any atom is -0.378 e. The fourth-order valence-corrected chi connectivity index (χ4v) is 3.61. The van der Waals surface area contributed by atoms with Crippen LogP contribution < -0.4 is 0 Å². The van der Waals surface area contributed by atoms with Gasteiger partial charge in [0.25, 0.3) is 0 Å². The number of rotatable bonds is 6.